The third-order valence-electron chi connectivity index (χ3n) is 1.60. The van der Waals surface area contributed by atoms with E-state index in [9.17, 15) is 0 Å². The van der Waals surface area contributed by atoms with Gasteiger partial charge in [-0.15, -0.1) is 11.6 Å². The molecule has 1 aliphatic heterocycles. The Bertz CT molecular complexity index is 100. The van der Waals surface area contributed by atoms with E-state index < -0.39 is 0 Å². The quantitative estimate of drug-likeness (QED) is 0.331. The average molecular weight is 198 g/mol. The number of hydrogen-bond donors (Lipinski definition) is 2. The average Bonchev–Trinajstić information content (AvgIpc) is 2.07. The summed E-state index contributed by atoms with van der Waals surface area (Å²) in [7, 11) is 0. The highest BCUT2D eigenvalue weighted by atomic mass is 35.5. The van der Waals surface area contributed by atoms with Crippen LogP contribution in [0.3, 0.4) is 0 Å². The molecule has 66 valence electrons. The van der Waals surface area contributed by atoms with Crippen molar-refractivity contribution in [2.75, 3.05) is 32.7 Å². The molecule has 3 nitrogen and oxygen atoms in total. The van der Waals surface area contributed by atoms with E-state index in [4.69, 9.17) is 23.4 Å². The summed E-state index contributed by atoms with van der Waals surface area (Å²) in [5, 5.41) is 6.42. The van der Waals surface area contributed by atoms with E-state index in [0.717, 1.165) is 32.7 Å². The minimum absolute atomic E-state index is 0.100. The largest absolute Gasteiger partial charge is 0.314 e. The van der Waals surface area contributed by atoms with Crippen molar-refractivity contribution in [2.45, 2.75) is 5.50 Å². The second kappa shape index (κ2) is 5.17. The molecule has 0 amide bonds. The summed E-state index contributed by atoms with van der Waals surface area (Å²) in [5.74, 6) is 0. The van der Waals surface area contributed by atoms with E-state index in [0.29, 0.717) is 0 Å². The number of nitrogens with one attached hydrogen (secondary N) is 2. The van der Waals surface area contributed by atoms with Crippen molar-refractivity contribution in [3.8, 4) is 0 Å². The van der Waals surface area contributed by atoms with Crippen molar-refractivity contribution in [1.82, 2.24) is 15.1 Å². The maximum atomic E-state index is 5.92. The van der Waals surface area contributed by atoms with Crippen molar-refractivity contribution in [2.24, 2.45) is 0 Å². The molecule has 5 heteroatoms. The Kier molecular flexibility index (Phi) is 4.48. The van der Waals surface area contributed by atoms with Crippen molar-refractivity contribution in [3.63, 3.8) is 0 Å². The van der Waals surface area contributed by atoms with Gasteiger partial charge in [-0.2, -0.15) is 4.42 Å². The van der Waals surface area contributed by atoms with E-state index >= 15 is 0 Å². The van der Waals surface area contributed by atoms with Gasteiger partial charge in [-0.05, 0) is 11.8 Å². The molecule has 11 heavy (non-hydrogen) atoms. The lowest BCUT2D eigenvalue weighted by molar-refractivity contribution is 0.419. The van der Waals surface area contributed by atoms with Gasteiger partial charge in [-0.3, -0.25) is 0 Å². The summed E-state index contributed by atoms with van der Waals surface area (Å²) in [6.07, 6.45) is 0. The maximum Gasteiger partial charge on any atom is 0.111 e. The number of halogens is 2. The molecule has 0 aromatic heterocycles. The van der Waals surface area contributed by atoms with E-state index in [2.05, 4.69) is 10.6 Å². The molecule has 1 rings (SSSR count). The van der Waals surface area contributed by atoms with Crippen LogP contribution in [-0.4, -0.2) is 42.6 Å². The molecular weight excluding hydrogens is 185 g/mol. The van der Waals surface area contributed by atoms with Gasteiger partial charge in [-0.25, -0.2) is 0 Å². The fourth-order valence-electron chi connectivity index (χ4n) is 0.948. The lowest BCUT2D eigenvalue weighted by Gasteiger charge is -2.17. The minimum Gasteiger partial charge on any atom is -0.314 e. The van der Waals surface area contributed by atoms with E-state index in [-0.39, 0.29) is 5.50 Å². The zero-order chi connectivity index (χ0) is 8.10. The van der Waals surface area contributed by atoms with Gasteiger partial charge in [0.15, 0.2) is 0 Å². The van der Waals surface area contributed by atoms with Gasteiger partial charge < -0.3 is 10.6 Å². The fourth-order valence-corrected chi connectivity index (χ4v) is 1.31. The van der Waals surface area contributed by atoms with Crippen LogP contribution in [0.25, 0.3) is 0 Å². The lowest BCUT2D eigenvalue weighted by atomic mass is 10.5. The van der Waals surface area contributed by atoms with Crippen molar-refractivity contribution in [1.29, 1.82) is 0 Å². The van der Waals surface area contributed by atoms with Gasteiger partial charge in [0, 0.05) is 32.7 Å². The summed E-state index contributed by atoms with van der Waals surface area (Å²) >= 11 is 11.8. The second-order valence-corrected chi connectivity index (χ2v) is 3.45. The molecule has 1 saturated heterocycles. The first-order chi connectivity index (χ1) is 5.30. The highest BCUT2D eigenvalue weighted by Gasteiger charge is 2.13. The molecule has 0 aliphatic carbocycles. The molecule has 0 bridgehead atoms. The van der Waals surface area contributed by atoms with Crippen LogP contribution >= 0.6 is 23.4 Å². The molecule has 0 aromatic carbocycles. The minimum atomic E-state index is -0.100. The normalized spacial score (nSPS) is 30.5. The van der Waals surface area contributed by atoms with Gasteiger partial charge in [0.2, 0.25) is 0 Å². The third kappa shape index (κ3) is 3.58. The monoisotopic (exact) mass is 197 g/mol. The molecular formula is C6H13Cl2N3. The Morgan fingerprint density at radius 3 is 2.73 bits per heavy atom. The molecule has 1 unspecified atom stereocenters. The molecule has 0 aromatic rings. The Balaban J connectivity index is 2.29. The number of nitrogens with zero attached hydrogens (tertiary/aromatic N) is 1. The predicted octanol–water partition coefficient (Wildman–Crippen LogP) is 0.200. The van der Waals surface area contributed by atoms with Crippen LogP contribution in [0.1, 0.15) is 0 Å². The third-order valence-corrected chi connectivity index (χ3v) is 2.49. The van der Waals surface area contributed by atoms with Crippen molar-refractivity contribution < 1.29 is 0 Å². The van der Waals surface area contributed by atoms with Crippen LogP contribution in [0.2, 0.25) is 0 Å². The summed E-state index contributed by atoms with van der Waals surface area (Å²) in [5.41, 5.74) is -0.100. The van der Waals surface area contributed by atoms with Crippen LogP contribution < -0.4 is 10.6 Å². The van der Waals surface area contributed by atoms with Gasteiger partial charge in [0.05, 0.1) is 0 Å². The molecule has 0 spiro atoms. The molecule has 0 radical (unpaired) electrons. The molecule has 0 saturated carbocycles. The summed E-state index contributed by atoms with van der Waals surface area (Å²) < 4.78 is 1.62. The zero-order valence-corrected chi connectivity index (χ0v) is 7.83. The van der Waals surface area contributed by atoms with Crippen molar-refractivity contribution in [3.05, 3.63) is 0 Å². The van der Waals surface area contributed by atoms with E-state index in [1.54, 1.807) is 4.42 Å². The second-order valence-electron chi connectivity index (χ2n) is 2.51. The predicted molar refractivity (Wildman–Crippen MR) is 47.9 cm³/mol. The molecule has 1 aliphatic rings. The SMILES string of the molecule is ClC1CNCCNCCN1Cl. The first-order valence-corrected chi connectivity index (χ1v) is 4.56. The Labute approximate surface area is 77.1 Å². The van der Waals surface area contributed by atoms with Crippen LogP contribution in [0.5, 0.6) is 0 Å². The van der Waals surface area contributed by atoms with Gasteiger partial charge >= 0.3 is 0 Å². The first kappa shape index (κ1) is 9.55. The van der Waals surface area contributed by atoms with Crippen LogP contribution in [0.15, 0.2) is 0 Å². The Morgan fingerprint density at radius 1 is 1.18 bits per heavy atom. The Hall–Kier alpha value is 0.460. The summed E-state index contributed by atoms with van der Waals surface area (Å²) in [4.78, 5) is 0. The standard InChI is InChI=1S/C6H13Cl2N3/c7-6-5-10-2-1-9-3-4-11(6)8/h6,9-10H,1-5H2. The Morgan fingerprint density at radius 2 is 1.91 bits per heavy atom. The van der Waals surface area contributed by atoms with Crippen LogP contribution in [0.4, 0.5) is 0 Å². The first-order valence-electron chi connectivity index (χ1n) is 3.78. The van der Waals surface area contributed by atoms with Gasteiger partial charge in [0.25, 0.3) is 0 Å². The summed E-state index contributed by atoms with van der Waals surface area (Å²) in [6.45, 7) is 4.36. The lowest BCUT2D eigenvalue weighted by Crippen LogP contribution is -2.33. The van der Waals surface area contributed by atoms with E-state index in [1.807, 2.05) is 0 Å². The van der Waals surface area contributed by atoms with Crippen LogP contribution in [0, 0.1) is 0 Å². The highest BCUT2D eigenvalue weighted by Crippen LogP contribution is 2.06. The molecule has 1 heterocycles. The molecule has 1 atom stereocenters. The molecule has 1 fully saturated rings. The van der Waals surface area contributed by atoms with Crippen LogP contribution in [-0.2, 0) is 0 Å². The molecule has 2 N–H and O–H groups in total. The van der Waals surface area contributed by atoms with Crippen molar-refractivity contribution >= 4 is 23.4 Å². The zero-order valence-electron chi connectivity index (χ0n) is 6.32. The van der Waals surface area contributed by atoms with Gasteiger partial charge in [-0.1, -0.05) is 0 Å². The summed E-state index contributed by atoms with van der Waals surface area (Å²) in [6, 6.07) is 0. The number of alkyl halides is 1. The smallest absolute Gasteiger partial charge is 0.111 e. The van der Waals surface area contributed by atoms with Gasteiger partial charge in [0.1, 0.15) is 5.50 Å². The maximum absolute atomic E-state index is 5.92. The van der Waals surface area contributed by atoms with E-state index in [1.165, 1.54) is 0 Å². The fraction of sp³-hybridized carbons (Fsp3) is 1.00. The number of hydrogen-bond acceptors (Lipinski definition) is 3. The number of rotatable bonds is 0. The highest BCUT2D eigenvalue weighted by molar-refractivity contribution is 6.25. The topological polar surface area (TPSA) is 27.3 Å².